The van der Waals surface area contributed by atoms with Gasteiger partial charge < -0.3 is 21.7 Å². The van der Waals surface area contributed by atoms with Gasteiger partial charge >= 0.3 is 0 Å². The van der Waals surface area contributed by atoms with E-state index in [1.54, 1.807) is 0 Å². The number of carbonyl (C=O) groups excluding carboxylic acids is 2. The molecule has 0 aromatic carbocycles. The average Bonchev–Trinajstić information content (AvgIpc) is 2.58. The van der Waals surface area contributed by atoms with Crippen molar-refractivity contribution >= 4 is 23.6 Å². The van der Waals surface area contributed by atoms with Gasteiger partial charge in [-0.05, 0) is 6.92 Å². The molecule has 1 saturated heterocycles. The summed E-state index contributed by atoms with van der Waals surface area (Å²) in [6, 6.07) is 0. The van der Waals surface area contributed by atoms with Crippen LogP contribution in [-0.4, -0.2) is 35.7 Å². The van der Waals surface area contributed by atoms with E-state index >= 15 is 0 Å². The molecular formula is C8H14N4O2S. The molecule has 1 fully saturated rings. The van der Waals surface area contributed by atoms with Gasteiger partial charge in [-0.2, -0.15) is 0 Å². The molecule has 15 heavy (non-hydrogen) atoms. The van der Waals surface area contributed by atoms with Gasteiger partial charge in [0.15, 0.2) is 0 Å². The number of hydrogen-bond donors (Lipinski definition) is 3. The molecule has 0 spiro atoms. The molecule has 0 bridgehead atoms. The van der Waals surface area contributed by atoms with Crippen molar-refractivity contribution in [3.05, 3.63) is 10.7 Å². The van der Waals surface area contributed by atoms with Crippen LogP contribution in [0.15, 0.2) is 10.7 Å². The Labute approximate surface area is 92.0 Å². The summed E-state index contributed by atoms with van der Waals surface area (Å²) >= 11 is 1.27. The number of thioether (sulfide) groups is 1. The van der Waals surface area contributed by atoms with Gasteiger partial charge in [-0.3, -0.25) is 9.59 Å². The highest BCUT2D eigenvalue weighted by atomic mass is 32.2. The van der Waals surface area contributed by atoms with E-state index in [1.807, 2.05) is 6.92 Å². The summed E-state index contributed by atoms with van der Waals surface area (Å²) in [7, 11) is 0. The van der Waals surface area contributed by atoms with Gasteiger partial charge in [0.25, 0.3) is 5.91 Å². The van der Waals surface area contributed by atoms with Crippen LogP contribution < -0.4 is 16.8 Å². The van der Waals surface area contributed by atoms with Crippen molar-refractivity contribution in [2.24, 2.45) is 11.5 Å². The highest BCUT2D eigenvalue weighted by Gasteiger charge is 2.29. The predicted molar refractivity (Wildman–Crippen MR) is 58.3 cm³/mol. The lowest BCUT2D eigenvalue weighted by molar-refractivity contribution is -0.125. The Morgan fingerprint density at radius 1 is 1.67 bits per heavy atom. The first-order chi connectivity index (χ1) is 7.11. The highest BCUT2D eigenvalue weighted by Crippen LogP contribution is 2.29. The largest absolute Gasteiger partial charge is 0.392 e. The number of rotatable bonds is 3. The molecule has 0 aliphatic carbocycles. The van der Waals surface area contributed by atoms with Crippen molar-refractivity contribution in [1.82, 2.24) is 10.2 Å². The van der Waals surface area contributed by atoms with Gasteiger partial charge in [0.1, 0.15) is 10.7 Å². The topological polar surface area (TPSA) is 101 Å². The van der Waals surface area contributed by atoms with Crippen LogP contribution in [0.2, 0.25) is 0 Å². The molecule has 0 aromatic rings. The van der Waals surface area contributed by atoms with Crippen LogP contribution in [0.5, 0.6) is 0 Å². The second kappa shape index (κ2) is 5.04. The predicted octanol–water partition coefficient (Wildman–Crippen LogP) is -1.26. The Morgan fingerprint density at radius 2 is 2.33 bits per heavy atom. The van der Waals surface area contributed by atoms with Crippen molar-refractivity contribution < 1.29 is 9.59 Å². The number of carbonyl (C=O) groups is 2. The molecule has 0 aromatic heterocycles. The van der Waals surface area contributed by atoms with Crippen molar-refractivity contribution in [3.63, 3.8) is 0 Å². The van der Waals surface area contributed by atoms with E-state index in [2.05, 4.69) is 5.32 Å². The van der Waals surface area contributed by atoms with Gasteiger partial charge in [0, 0.05) is 6.54 Å². The Bertz CT molecular complexity index is 316. The summed E-state index contributed by atoms with van der Waals surface area (Å²) in [4.78, 5) is 24.2. The van der Waals surface area contributed by atoms with Crippen LogP contribution in [-0.2, 0) is 9.59 Å². The molecule has 5 N–H and O–H groups in total. The van der Waals surface area contributed by atoms with E-state index in [1.165, 1.54) is 16.7 Å². The van der Waals surface area contributed by atoms with Gasteiger partial charge in [-0.25, -0.2) is 0 Å². The van der Waals surface area contributed by atoms with Gasteiger partial charge in [0.2, 0.25) is 5.91 Å². The standard InChI is InChI=1S/C8H14N4O2S/c1-2-12-5(13)3-15-8(12)6(10)7(14)11-4-9/h2-4,9-10H2,1H3,(H,11,14)/b8-6+. The number of nitrogens with one attached hydrogen (secondary N) is 1. The Hall–Kier alpha value is -1.21. The fourth-order valence-electron chi connectivity index (χ4n) is 1.23. The molecule has 84 valence electrons. The fourth-order valence-corrected chi connectivity index (χ4v) is 2.28. The maximum Gasteiger partial charge on any atom is 0.270 e. The van der Waals surface area contributed by atoms with Crippen molar-refractivity contribution in [2.45, 2.75) is 6.92 Å². The van der Waals surface area contributed by atoms with Crippen LogP contribution >= 0.6 is 11.8 Å². The molecule has 1 rings (SSSR count). The van der Waals surface area contributed by atoms with Crippen LogP contribution in [0.4, 0.5) is 0 Å². The van der Waals surface area contributed by atoms with Crippen molar-refractivity contribution in [3.8, 4) is 0 Å². The number of nitrogens with zero attached hydrogens (tertiary/aromatic N) is 1. The van der Waals surface area contributed by atoms with Crippen LogP contribution in [0.3, 0.4) is 0 Å². The molecule has 7 heteroatoms. The van der Waals surface area contributed by atoms with E-state index in [0.29, 0.717) is 17.3 Å². The van der Waals surface area contributed by atoms with Gasteiger partial charge in [0.05, 0.1) is 12.4 Å². The maximum atomic E-state index is 11.4. The smallest absolute Gasteiger partial charge is 0.270 e. The normalized spacial score (nSPS) is 19.3. The SMILES string of the molecule is CCN1C(=O)CS/C1=C(/N)C(=O)NCN. The van der Waals surface area contributed by atoms with Gasteiger partial charge in [-0.15, -0.1) is 0 Å². The molecule has 0 radical (unpaired) electrons. The lowest BCUT2D eigenvalue weighted by Crippen LogP contribution is -2.36. The molecule has 0 saturated carbocycles. The van der Waals surface area contributed by atoms with E-state index in [0.717, 1.165) is 0 Å². The van der Waals surface area contributed by atoms with Crippen molar-refractivity contribution in [1.29, 1.82) is 0 Å². The summed E-state index contributed by atoms with van der Waals surface area (Å²) in [5.41, 5.74) is 10.9. The Balaban J connectivity index is 2.88. The summed E-state index contributed by atoms with van der Waals surface area (Å²) in [5.74, 6) is -0.131. The van der Waals surface area contributed by atoms with Crippen LogP contribution in [0, 0.1) is 0 Å². The minimum absolute atomic E-state index is 0.0253. The molecule has 0 atom stereocenters. The zero-order valence-corrected chi connectivity index (χ0v) is 9.26. The maximum absolute atomic E-state index is 11.4. The fraction of sp³-hybridized carbons (Fsp3) is 0.500. The summed E-state index contributed by atoms with van der Waals surface area (Å²) in [5, 5.41) is 2.91. The third-order valence-corrected chi connectivity index (χ3v) is 3.04. The van der Waals surface area contributed by atoms with E-state index in [4.69, 9.17) is 11.5 Å². The number of hydrogen-bond acceptors (Lipinski definition) is 5. The average molecular weight is 230 g/mol. The third kappa shape index (κ3) is 2.42. The Kier molecular flexibility index (Phi) is 3.98. The lowest BCUT2D eigenvalue weighted by Gasteiger charge is -2.16. The summed E-state index contributed by atoms with van der Waals surface area (Å²) in [6.45, 7) is 2.37. The summed E-state index contributed by atoms with van der Waals surface area (Å²) in [6.07, 6.45) is 0. The lowest BCUT2D eigenvalue weighted by atomic mass is 10.4. The van der Waals surface area contributed by atoms with E-state index in [9.17, 15) is 9.59 Å². The van der Waals surface area contributed by atoms with Gasteiger partial charge in [-0.1, -0.05) is 11.8 Å². The van der Waals surface area contributed by atoms with Crippen LogP contribution in [0.25, 0.3) is 0 Å². The molecule has 1 aliphatic heterocycles. The number of nitrogens with two attached hydrogens (primary N) is 2. The van der Waals surface area contributed by atoms with E-state index < -0.39 is 5.91 Å². The highest BCUT2D eigenvalue weighted by molar-refractivity contribution is 8.04. The minimum atomic E-state index is -0.437. The third-order valence-electron chi connectivity index (χ3n) is 1.93. The monoisotopic (exact) mass is 230 g/mol. The first kappa shape index (κ1) is 11.9. The number of amides is 2. The van der Waals surface area contributed by atoms with Crippen molar-refractivity contribution in [2.75, 3.05) is 19.0 Å². The quantitative estimate of drug-likeness (QED) is 0.415. The molecule has 1 aliphatic rings. The van der Waals surface area contributed by atoms with E-state index in [-0.39, 0.29) is 18.3 Å². The second-order valence-corrected chi connectivity index (χ2v) is 3.82. The Morgan fingerprint density at radius 3 is 2.87 bits per heavy atom. The molecule has 6 nitrogen and oxygen atoms in total. The first-order valence-electron chi connectivity index (χ1n) is 4.53. The molecule has 1 heterocycles. The summed E-state index contributed by atoms with van der Waals surface area (Å²) < 4.78 is 0. The zero-order chi connectivity index (χ0) is 11.4. The minimum Gasteiger partial charge on any atom is -0.392 e. The first-order valence-corrected chi connectivity index (χ1v) is 5.51. The molecular weight excluding hydrogens is 216 g/mol. The zero-order valence-electron chi connectivity index (χ0n) is 8.45. The van der Waals surface area contributed by atoms with Crippen LogP contribution in [0.1, 0.15) is 6.92 Å². The molecule has 0 unspecified atom stereocenters. The molecule has 2 amide bonds. The second-order valence-electron chi connectivity index (χ2n) is 2.86.